The van der Waals surface area contributed by atoms with Gasteiger partial charge >= 0.3 is 0 Å². The van der Waals surface area contributed by atoms with E-state index in [4.69, 9.17) is 9.47 Å². The van der Waals surface area contributed by atoms with E-state index in [9.17, 15) is 4.79 Å². The van der Waals surface area contributed by atoms with Crippen LogP contribution >= 0.6 is 0 Å². The van der Waals surface area contributed by atoms with Crippen LogP contribution in [0.3, 0.4) is 0 Å². The van der Waals surface area contributed by atoms with Crippen molar-refractivity contribution >= 4 is 5.91 Å². The highest BCUT2D eigenvalue weighted by atomic mass is 16.5. The predicted octanol–water partition coefficient (Wildman–Crippen LogP) is 2.24. The summed E-state index contributed by atoms with van der Waals surface area (Å²) in [6.45, 7) is 4.81. The maximum atomic E-state index is 11.9. The fraction of sp³-hybridized carbons (Fsp3) is 0.562. The molecule has 20 heavy (non-hydrogen) atoms. The van der Waals surface area contributed by atoms with Gasteiger partial charge < -0.3 is 14.8 Å². The molecular weight excluding hydrogens is 254 g/mol. The summed E-state index contributed by atoms with van der Waals surface area (Å²) in [6, 6.07) is 9.68. The predicted molar refractivity (Wildman–Crippen MR) is 77.7 cm³/mol. The topological polar surface area (TPSA) is 47.6 Å². The van der Waals surface area contributed by atoms with Crippen LogP contribution < -0.4 is 10.1 Å². The molecule has 1 amide bonds. The van der Waals surface area contributed by atoms with Crippen LogP contribution in [0.5, 0.6) is 5.75 Å². The maximum absolute atomic E-state index is 11.9. The minimum Gasteiger partial charge on any atom is -0.494 e. The van der Waals surface area contributed by atoms with Crippen LogP contribution in [0, 0.1) is 11.8 Å². The minimum atomic E-state index is -0.0268. The lowest BCUT2D eigenvalue weighted by molar-refractivity contribution is -0.125. The van der Waals surface area contributed by atoms with Crippen molar-refractivity contribution in [2.45, 2.75) is 19.8 Å². The number of nitrogens with one attached hydrogen (secondary N) is 1. The van der Waals surface area contributed by atoms with Crippen LogP contribution in [0.4, 0.5) is 0 Å². The Morgan fingerprint density at radius 2 is 2.25 bits per heavy atom. The first-order valence-electron chi connectivity index (χ1n) is 7.29. The third-order valence-corrected chi connectivity index (χ3v) is 3.60. The quantitative estimate of drug-likeness (QED) is 0.831. The summed E-state index contributed by atoms with van der Waals surface area (Å²) < 4.78 is 10.9. The Morgan fingerprint density at radius 1 is 1.45 bits per heavy atom. The van der Waals surface area contributed by atoms with Gasteiger partial charge in [0.25, 0.3) is 0 Å². The Hall–Kier alpha value is -1.55. The molecule has 1 aromatic rings. The van der Waals surface area contributed by atoms with Crippen LogP contribution in [0.1, 0.15) is 19.8 Å². The summed E-state index contributed by atoms with van der Waals surface area (Å²) in [5, 5.41) is 3.00. The van der Waals surface area contributed by atoms with E-state index in [0.29, 0.717) is 12.5 Å². The molecule has 0 aromatic heterocycles. The van der Waals surface area contributed by atoms with Gasteiger partial charge in [-0.3, -0.25) is 4.79 Å². The number of hydrogen-bond donors (Lipinski definition) is 1. The van der Waals surface area contributed by atoms with E-state index < -0.39 is 0 Å². The second-order valence-electron chi connectivity index (χ2n) is 5.33. The zero-order valence-electron chi connectivity index (χ0n) is 12.0. The van der Waals surface area contributed by atoms with Crippen molar-refractivity contribution in [2.75, 3.05) is 26.4 Å². The molecule has 1 saturated heterocycles. The van der Waals surface area contributed by atoms with Crippen molar-refractivity contribution in [3.63, 3.8) is 0 Å². The van der Waals surface area contributed by atoms with E-state index in [2.05, 4.69) is 5.32 Å². The van der Waals surface area contributed by atoms with Crippen LogP contribution in [0.2, 0.25) is 0 Å². The third kappa shape index (κ3) is 4.85. The van der Waals surface area contributed by atoms with Crippen molar-refractivity contribution in [2.24, 2.45) is 11.8 Å². The smallest absolute Gasteiger partial charge is 0.222 e. The summed E-state index contributed by atoms with van der Waals surface area (Å²) in [7, 11) is 0. The molecular formula is C16H23NO3. The maximum Gasteiger partial charge on any atom is 0.222 e. The zero-order chi connectivity index (χ0) is 14.2. The highest BCUT2D eigenvalue weighted by molar-refractivity contribution is 5.78. The number of hydrogen-bond acceptors (Lipinski definition) is 3. The number of carbonyl (C=O) groups excluding carboxylic acids is 1. The minimum absolute atomic E-state index is 0.0268. The van der Waals surface area contributed by atoms with Crippen LogP contribution in [0.25, 0.3) is 0 Å². The summed E-state index contributed by atoms with van der Waals surface area (Å²) in [4.78, 5) is 11.9. The van der Waals surface area contributed by atoms with Gasteiger partial charge in [0.1, 0.15) is 5.75 Å². The largest absolute Gasteiger partial charge is 0.494 e. The molecule has 2 atom stereocenters. The standard InChI is InChI=1S/C16H23NO3/c1-13(7-10-20-15-5-3-2-4-6-15)16(18)17-11-14-8-9-19-12-14/h2-6,13-14H,7-12H2,1H3,(H,17,18)/t13-,14-/m0/s1. The number of carbonyl (C=O) groups is 1. The first-order valence-corrected chi connectivity index (χ1v) is 7.29. The Labute approximate surface area is 120 Å². The monoisotopic (exact) mass is 277 g/mol. The van der Waals surface area contributed by atoms with Gasteiger partial charge in [-0.15, -0.1) is 0 Å². The number of benzene rings is 1. The van der Waals surface area contributed by atoms with Gasteiger partial charge in [0.15, 0.2) is 0 Å². The van der Waals surface area contributed by atoms with Gasteiger partial charge in [-0.1, -0.05) is 25.1 Å². The van der Waals surface area contributed by atoms with Crippen molar-refractivity contribution in [1.82, 2.24) is 5.32 Å². The molecule has 0 radical (unpaired) electrons. The van der Waals surface area contributed by atoms with E-state index in [1.165, 1.54) is 0 Å². The molecule has 1 N–H and O–H groups in total. The molecule has 2 rings (SSSR count). The zero-order valence-corrected chi connectivity index (χ0v) is 12.0. The molecule has 4 heteroatoms. The van der Waals surface area contributed by atoms with Gasteiger partial charge in [0.05, 0.1) is 13.2 Å². The van der Waals surface area contributed by atoms with E-state index in [1.54, 1.807) is 0 Å². The highest BCUT2D eigenvalue weighted by Crippen LogP contribution is 2.12. The van der Waals surface area contributed by atoms with Crippen molar-refractivity contribution in [3.8, 4) is 5.75 Å². The molecule has 1 fully saturated rings. The molecule has 0 spiro atoms. The fourth-order valence-corrected chi connectivity index (χ4v) is 2.16. The molecule has 110 valence electrons. The van der Waals surface area contributed by atoms with Crippen LogP contribution in [-0.4, -0.2) is 32.3 Å². The average Bonchev–Trinajstić information content (AvgIpc) is 2.99. The number of rotatable bonds is 7. The lowest BCUT2D eigenvalue weighted by atomic mass is 10.1. The van der Waals surface area contributed by atoms with Gasteiger partial charge in [0.2, 0.25) is 5.91 Å². The Balaban J connectivity index is 1.61. The summed E-state index contributed by atoms with van der Waals surface area (Å²) in [5.41, 5.74) is 0. The van der Waals surface area contributed by atoms with Gasteiger partial charge in [0, 0.05) is 25.0 Å². The highest BCUT2D eigenvalue weighted by Gasteiger charge is 2.18. The summed E-state index contributed by atoms with van der Waals surface area (Å²) >= 11 is 0. The summed E-state index contributed by atoms with van der Waals surface area (Å²) in [5.74, 6) is 1.41. The van der Waals surface area contributed by atoms with Gasteiger partial charge in [-0.2, -0.15) is 0 Å². The Kier molecular flexibility index (Phi) is 5.87. The first-order chi connectivity index (χ1) is 9.75. The van der Waals surface area contributed by atoms with Crippen molar-refractivity contribution < 1.29 is 14.3 Å². The third-order valence-electron chi connectivity index (χ3n) is 3.60. The lowest BCUT2D eigenvalue weighted by Gasteiger charge is -2.14. The van der Waals surface area contributed by atoms with Crippen LogP contribution in [-0.2, 0) is 9.53 Å². The van der Waals surface area contributed by atoms with E-state index in [1.807, 2.05) is 37.3 Å². The molecule has 0 unspecified atom stereocenters. The molecule has 0 saturated carbocycles. The number of ether oxygens (including phenoxy) is 2. The van der Waals surface area contributed by atoms with Gasteiger partial charge in [-0.25, -0.2) is 0 Å². The first kappa shape index (κ1) is 14.9. The van der Waals surface area contributed by atoms with E-state index in [0.717, 1.165) is 38.3 Å². The molecule has 0 bridgehead atoms. The SMILES string of the molecule is C[C@@H](CCOc1ccccc1)C(=O)NC[C@@H]1CCOC1. The second-order valence-corrected chi connectivity index (χ2v) is 5.33. The van der Waals surface area contributed by atoms with E-state index >= 15 is 0 Å². The van der Waals surface area contributed by atoms with Crippen molar-refractivity contribution in [1.29, 1.82) is 0 Å². The van der Waals surface area contributed by atoms with Crippen molar-refractivity contribution in [3.05, 3.63) is 30.3 Å². The summed E-state index contributed by atoms with van der Waals surface area (Å²) in [6.07, 6.45) is 1.77. The second kappa shape index (κ2) is 7.90. The molecule has 0 aliphatic carbocycles. The molecule has 1 aliphatic rings. The Bertz CT molecular complexity index is 401. The Morgan fingerprint density at radius 3 is 2.95 bits per heavy atom. The fourth-order valence-electron chi connectivity index (χ4n) is 2.16. The number of para-hydroxylation sites is 1. The number of amides is 1. The van der Waals surface area contributed by atoms with Gasteiger partial charge in [-0.05, 0) is 25.0 Å². The van der Waals surface area contributed by atoms with Crippen LogP contribution in [0.15, 0.2) is 30.3 Å². The molecule has 4 nitrogen and oxygen atoms in total. The normalized spacial score (nSPS) is 19.6. The molecule has 1 heterocycles. The van der Waals surface area contributed by atoms with E-state index in [-0.39, 0.29) is 11.8 Å². The average molecular weight is 277 g/mol. The lowest BCUT2D eigenvalue weighted by Crippen LogP contribution is -2.34. The molecule has 1 aliphatic heterocycles. The molecule has 1 aromatic carbocycles.